The lowest BCUT2D eigenvalue weighted by atomic mass is 10.0. The predicted octanol–water partition coefficient (Wildman–Crippen LogP) is 3.76. The van der Waals surface area contributed by atoms with E-state index in [1.54, 1.807) is 6.07 Å². The number of halogens is 2. The number of nitrogens with one attached hydrogen (secondary N) is 1. The van der Waals surface area contributed by atoms with Crippen molar-refractivity contribution in [1.29, 1.82) is 0 Å². The summed E-state index contributed by atoms with van der Waals surface area (Å²) in [5.41, 5.74) is 2.73. The Morgan fingerprint density at radius 2 is 1.96 bits per heavy atom. The summed E-state index contributed by atoms with van der Waals surface area (Å²) in [7, 11) is 0. The topological polar surface area (TPSA) is 49.0 Å². The molecule has 0 fully saturated rings. The van der Waals surface area contributed by atoms with Crippen LogP contribution in [0.15, 0.2) is 23.0 Å². The van der Waals surface area contributed by atoms with Gasteiger partial charge in [-0.25, -0.2) is 4.98 Å². The van der Waals surface area contributed by atoms with E-state index in [1.807, 2.05) is 26.0 Å². The van der Waals surface area contributed by atoms with Gasteiger partial charge < -0.3 is 4.98 Å². The summed E-state index contributed by atoms with van der Waals surface area (Å²) in [4.78, 5) is 22.1. The first-order valence-corrected chi connectivity index (χ1v) is 8.47. The van der Waals surface area contributed by atoms with Gasteiger partial charge in [-0.1, -0.05) is 37.0 Å². The van der Waals surface area contributed by atoms with Gasteiger partial charge >= 0.3 is 0 Å². The Kier molecular flexibility index (Phi) is 4.76. The Balaban J connectivity index is 1.81. The monoisotopic (exact) mass is 351 g/mol. The number of hydrogen-bond acceptors (Lipinski definition) is 3. The second-order valence-electron chi connectivity index (χ2n) is 6.27. The lowest BCUT2D eigenvalue weighted by molar-refractivity contribution is 0.241. The molecule has 0 saturated heterocycles. The first kappa shape index (κ1) is 16.5. The lowest BCUT2D eigenvalue weighted by Crippen LogP contribution is -2.35. The molecule has 0 spiro atoms. The van der Waals surface area contributed by atoms with Crippen molar-refractivity contribution in [2.45, 2.75) is 39.3 Å². The summed E-state index contributed by atoms with van der Waals surface area (Å²) in [5.74, 6) is 0.989. The number of benzene rings is 1. The van der Waals surface area contributed by atoms with Crippen molar-refractivity contribution in [1.82, 2.24) is 14.9 Å². The van der Waals surface area contributed by atoms with E-state index in [-0.39, 0.29) is 11.5 Å². The Morgan fingerprint density at radius 3 is 2.61 bits per heavy atom. The van der Waals surface area contributed by atoms with Gasteiger partial charge in [-0.3, -0.25) is 9.69 Å². The standard InChI is InChI=1S/C17H19Cl2N3O/c1-10(2)16-20-15-3-4-22(9-14(15)17(23)21-16)8-11-5-12(18)7-13(19)6-11/h5-7,10H,3-4,8-9H2,1-2H3,(H,20,21,23). The average molecular weight is 352 g/mol. The Morgan fingerprint density at radius 1 is 1.26 bits per heavy atom. The quantitative estimate of drug-likeness (QED) is 0.915. The maximum atomic E-state index is 12.3. The molecule has 0 bridgehead atoms. The molecule has 1 aliphatic rings. The normalized spacial score (nSPS) is 15.0. The summed E-state index contributed by atoms with van der Waals surface area (Å²) < 4.78 is 0. The number of aromatic nitrogens is 2. The van der Waals surface area contributed by atoms with Crippen molar-refractivity contribution < 1.29 is 0 Å². The molecular weight excluding hydrogens is 333 g/mol. The highest BCUT2D eigenvalue weighted by atomic mass is 35.5. The van der Waals surface area contributed by atoms with Gasteiger partial charge in [0.2, 0.25) is 0 Å². The molecule has 0 aliphatic carbocycles. The van der Waals surface area contributed by atoms with E-state index in [0.29, 0.717) is 23.1 Å². The third-order valence-electron chi connectivity index (χ3n) is 4.04. The van der Waals surface area contributed by atoms with E-state index < -0.39 is 0 Å². The highest BCUT2D eigenvalue weighted by Gasteiger charge is 2.22. The summed E-state index contributed by atoms with van der Waals surface area (Å²) in [6.07, 6.45) is 0.785. The minimum absolute atomic E-state index is 0.0208. The maximum Gasteiger partial charge on any atom is 0.255 e. The van der Waals surface area contributed by atoms with Crippen LogP contribution in [0.2, 0.25) is 10.0 Å². The number of hydrogen-bond donors (Lipinski definition) is 1. The van der Waals surface area contributed by atoms with Gasteiger partial charge in [0.15, 0.2) is 0 Å². The van der Waals surface area contributed by atoms with Crippen molar-refractivity contribution in [2.24, 2.45) is 0 Å². The zero-order valence-electron chi connectivity index (χ0n) is 13.2. The summed E-state index contributed by atoms with van der Waals surface area (Å²) in [6.45, 7) is 6.24. The number of nitrogens with zero attached hydrogens (tertiary/aromatic N) is 2. The van der Waals surface area contributed by atoms with Crippen molar-refractivity contribution in [3.63, 3.8) is 0 Å². The fourth-order valence-corrected chi connectivity index (χ4v) is 3.44. The van der Waals surface area contributed by atoms with E-state index in [4.69, 9.17) is 23.2 Å². The molecule has 0 atom stereocenters. The molecule has 122 valence electrons. The first-order valence-electron chi connectivity index (χ1n) is 7.71. The van der Waals surface area contributed by atoms with Gasteiger partial charge in [-0.2, -0.15) is 0 Å². The van der Waals surface area contributed by atoms with Crippen LogP contribution < -0.4 is 5.56 Å². The number of H-pyrrole nitrogens is 1. The van der Waals surface area contributed by atoms with Crippen LogP contribution in [0.4, 0.5) is 0 Å². The van der Waals surface area contributed by atoms with Gasteiger partial charge in [0.25, 0.3) is 5.56 Å². The van der Waals surface area contributed by atoms with Gasteiger partial charge in [0.05, 0.1) is 11.3 Å². The van der Waals surface area contributed by atoms with E-state index in [1.165, 1.54) is 0 Å². The van der Waals surface area contributed by atoms with Crippen LogP contribution in [0.5, 0.6) is 0 Å². The highest BCUT2D eigenvalue weighted by molar-refractivity contribution is 6.34. The summed E-state index contributed by atoms with van der Waals surface area (Å²) in [6, 6.07) is 5.54. The molecular formula is C17H19Cl2N3O. The van der Waals surface area contributed by atoms with Crippen LogP contribution in [-0.4, -0.2) is 21.4 Å². The molecule has 1 aromatic heterocycles. The molecule has 0 radical (unpaired) electrons. The molecule has 23 heavy (non-hydrogen) atoms. The summed E-state index contributed by atoms with van der Waals surface area (Å²) >= 11 is 12.1. The fraction of sp³-hybridized carbons (Fsp3) is 0.412. The Hall–Kier alpha value is -1.36. The zero-order chi connectivity index (χ0) is 16.6. The molecule has 2 aromatic rings. The minimum atomic E-state index is -0.0208. The largest absolute Gasteiger partial charge is 0.310 e. The average Bonchev–Trinajstić information content (AvgIpc) is 2.46. The van der Waals surface area contributed by atoms with Gasteiger partial charge in [-0.15, -0.1) is 0 Å². The van der Waals surface area contributed by atoms with Crippen LogP contribution in [0, 0.1) is 0 Å². The second-order valence-corrected chi connectivity index (χ2v) is 7.14. The zero-order valence-corrected chi connectivity index (χ0v) is 14.7. The maximum absolute atomic E-state index is 12.3. The molecule has 1 N–H and O–H groups in total. The van der Waals surface area contributed by atoms with E-state index in [2.05, 4.69) is 14.9 Å². The van der Waals surface area contributed by atoms with Gasteiger partial charge in [0.1, 0.15) is 5.82 Å². The molecule has 4 nitrogen and oxygen atoms in total. The SMILES string of the molecule is CC(C)c1nc2c(c(=O)[nH]1)CN(Cc1cc(Cl)cc(Cl)c1)CC2. The molecule has 0 saturated carbocycles. The molecule has 3 rings (SSSR count). The smallest absolute Gasteiger partial charge is 0.255 e. The molecule has 0 unspecified atom stereocenters. The minimum Gasteiger partial charge on any atom is -0.310 e. The van der Waals surface area contributed by atoms with Crippen molar-refractivity contribution in [3.8, 4) is 0 Å². The van der Waals surface area contributed by atoms with E-state index in [0.717, 1.165) is 35.6 Å². The summed E-state index contributed by atoms with van der Waals surface area (Å²) in [5, 5.41) is 1.26. The van der Waals surface area contributed by atoms with Crippen LogP contribution >= 0.6 is 23.2 Å². The van der Waals surface area contributed by atoms with Crippen molar-refractivity contribution in [2.75, 3.05) is 6.54 Å². The van der Waals surface area contributed by atoms with Gasteiger partial charge in [-0.05, 0) is 23.8 Å². The van der Waals surface area contributed by atoms with E-state index >= 15 is 0 Å². The number of aromatic amines is 1. The Bertz CT molecular complexity index is 766. The molecule has 1 aromatic carbocycles. The third-order valence-corrected chi connectivity index (χ3v) is 4.48. The molecule has 0 amide bonds. The first-order chi connectivity index (χ1) is 10.9. The second kappa shape index (κ2) is 6.63. The number of rotatable bonds is 3. The third kappa shape index (κ3) is 3.77. The van der Waals surface area contributed by atoms with Crippen LogP contribution in [-0.2, 0) is 19.5 Å². The van der Waals surface area contributed by atoms with Crippen LogP contribution in [0.1, 0.15) is 42.4 Å². The number of fused-ring (bicyclic) bond motifs is 1. The lowest BCUT2D eigenvalue weighted by Gasteiger charge is -2.28. The van der Waals surface area contributed by atoms with Crippen molar-refractivity contribution in [3.05, 3.63) is 61.2 Å². The molecule has 1 aliphatic heterocycles. The highest BCUT2D eigenvalue weighted by Crippen LogP contribution is 2.22. The fourth-order valence-electron chi connectivity index (χ4n) is 2.87. The van der Waals surface area contributed by atoms with Gasteiger partial charge in [0, 0.05) is 42.0 Å². The van der Waals surface area contributed by atoms with Crippen LogP contribution in [0.25, 0.3) is 0 Å². The van der Waals surface area contributed by atoms with Crippen molar-refractivity contribution >= 4 is 23.2 Å². The molecule has 2 heterocycles. The Labute approximate surface area is 145 Å². The van der Waals surface area contributed by atoms with Crippen LogP contribution in [0.3, 0.4) is 0 Å². The van der Waals surface area contributed by atoms with E-state index in [9.17, 15) is 4.79 Å². The molecule has 6 heteroatoms. The predicted molar refractivity (Wildman–Crippen MR) is 93.2 cm³/mol.